The first kappa shape index (κ1) is 17.2. The van der Waals surface area contributed by atoms with Gasteiger partial charge in [-0.25, -0.2) is 0 Å². The summed E-state index contributed by atoms with van der Waals surface area (Å²) in [6, 6.07) is 9.50. The smallest absolute Gasteiger partial charge is 0.243 e. The highest BCUT2D eigenvalue weighted by Gasteiger charge is 2.34. The Hall–Kier alpha value is -2.63. The van der Waals surface area contributed by atoms with Crippen LogP contribution in [0.4, 0.5) is 0 Å². The molecule has 6 heteroatoms. The Morgan fingerprint density at radius 1 is 1.28 bits per heavy atom. The Labute approximate surface area is 147 Å². The molecule has 1 fully saturated rings. The molecule has 1 aliphatic heterocycles. The Morgan fingerprint density at radius 3 is 2.60 bits per heavy atom. The lowest BCUT2D eigenvalue weighted by Gasteiger charge is -2.29. The molecule has 1 aromatic carbocycles. The van der Waals surface area contributed by atoms with E-state index in [1.54, 1.807) is 11.1 Å². The van der Waals surface area contributed by atoms with Crippen molar-refractivity contribution >= 4 is 11.8 Å². The van der Waals surface area contributed by atoms with Crippen LogP contribution in [0.1, 0.15) is 32.3 Å². The van der Waals surface area contributed by atoms with Gasteiger partial charge in [0.25, 0.3) is 0 Å². The summed E-state index contributed by atoms with van der Waals surface area (Å²) in [5, 5.41) is 9.85. The van der Waals surface area contributed by atoms with Crippen LogP contribution < -0.4 is 5.32 Å². The predicted molar refractivity (Wildman–Crippen MR) is 95.4 cm³/mol. The minimum Gasteiger partial charge on any atom is -0.350 e. The Balaban J connectivity index is 1.61. The van der Waals surface area contributed by atoms with Crippen LogP contribution in [0.2, 0.25) is 0 Å². The van der Waals surface area contributed by atoms with Crippen molar-refractivity contribution in [3.05, 3.63) is 42.1 Å². The molecule has 1 atom stereocenters. The Kier molecular flexibility index (Phi) is 5.16. The van der Waals surface area contributed by atoms with Crippen LogP contribution in [0, 0.1) is 5.92 Å². The lowest BCUT2D eigenvalue weighted by molar-refractivity contribution is -0.139. The maximum Gasteiger partial charge on any atom is 0.243 e. The minimum absolute atomic E-state index is 0.0807. The second-order valence-electron chi connectivity index (χ2n) is 6.76. The molecule has 1 unspecified atom stereocenters. The van der Waals surface area contributed by atoms with Crippen molar-refractivity contribution in [3.8, 4) is 11.3 Å². The third-order valence-electron chi connectivity index (χ3n) is 4.58. The van der Waals surface area contributed by atoms with E-state index in [9.17, 15) is 9.59 Å². The predicted octanol–water partition coefficient (Wildman–Crippen LogP) is 2.34. The largest absolute Gasteiger partial charge is 0.350 e. The summed E-state index contributed by atoms with van der Waals surface area (Å²) in [6.45, 7) is 5.09. The van der Waals surface area contributed by atoms with E-state index >= 15 is 0 Å². The van der Waals surface area contributed by atoms with Gasteiger partial charge in [0.15, 0.2) is 0 Å². The SMILES string of the molecule is CC(C)C(C(=O)NCc1ccc(-c2ccn[nH]2)cc1)N1CCCC1=O. The number of aromatic amines is 1. The number of aromatic nitrogens is 2. The van der Waals surface area contributed by atoms with Gasteiger partial charge in [-0.1, -0.05) is 38.1 Å². The molecule has 2 amide bonds. The summed E-state index contributed by atoms with van der Waals surface area (Å²) in [4.78, 5) is 26.3. The molecule has 1 aromatic heterocycles. The van der Waals surface area contributed by atoms with Gasteiger partial charge in [0.05, 0.1) is 5.69 Å². The fourth-order valence-corrected chi connectivity index (χ4v) is 3.28. The third-order valence-corrected chi connectivity index (χ3v) is 4.58. The van der Waals surface area contributed by atoms with E-state index in [1.807, 2.05) is 44.2 Å². The van der Waals surface area contributed by atoms with Crippen molar-refractivity contribution in [2.75, 3.05) is 6.54 Å². The van der Waals surface area contributed by atoms with Crippen molar-refractivity contribution in [2.45, 2.75) is 39.3 Å². The van der Waals surface area contributed by atoms with Crippen molar-refractivity contribution in [3.63, 3.8) is 0 Å². The molecular weight excluding hydrogens is 316 g/mol. The Morgan fingerprint density at radius 2 is 2.04 bits per heavy atom. The monoisotopic (exact) mass is 340 g/mol. The zero-order chi connectivity index (χ0) is 17.8. The summed E-state index contributed by atoms with van der Waals surface area (Å²) in [6.07, 6.45) is 3.10. The number of carbonyl (C=O) groups excluding carboxylic acids is 2. The molecule has 25 heavy (non-hydrogen) atoms. The second kappa shape index (κ2) is 7.51. The van der Waals surface area contributed by atoms with Crippen molar-refractivity contribution in [2.24, 2.45) is 5.92 Å². The van der Waals surface area contributed by atoms with Crippen molar-refractivity contribution in [1.82, 2.24) is 20.4 Å². The fraction of sp³-hybridized carbons (Fsp3) is 0.421. The van der Waals surface area contributed by atoms with Gasteiger partial charge in [0.1, 0.15) is 6.04 Å². The number of likely N-dealkylation sites (tertiary alicyclic amines) is 1. The molecule has 132 valence electrons. The van der Waals surface area contributed by atoms with Crippen molar-refractivity contribution < 1.29 is 9.59 Å². The normalized spacial score (nSPS) is 15.6. The maximum atomic E-state index is 12.6. The van der Waals surface area contributed by atoms with Gasteiger partial charge in [0, 0.05) is 25.7 Å². The van der Waals surface area contributed by atoms with E-state index in [0.29, 0.717) is 19.5 Å². The number of rotatable bonds is 6. The summed E-state index contributed by atoms with van der Waals surface area (Å²) in [5.41, 5.74) is 3.03. The average molecular weight is 340 g/mol. The molecule has 1 saturated heterocycles. The lowest BCUT2D eigenvalue weighted by atomic mass is 10.0. The minimum atomic E-state index is -0.390. The molecule has 0 saturated carbocycles. The molecule has 2 heterocycles. The number of amides is 2. The van der Waals surface area contributed by atoms with Crippen LogP contribution in [0.5, 0.6) is 0 Å². The van der Waals surface area contributed by atoms with E-state index in [1.165, 1.54) is 0 Å². The summed E-state index contributed by atoms with van der Waals surface area (Å²) in [5.74, 6) is 0.0884. The van der Waals surface area contributed by atoms with Gasteiger partial charge in [-0.3, -0.25) is 14.7 Å². The molecule has 2 N–H and O–H groups in total. The number of benzene rings is 1. The van der Waals surface area contributed by atoms with Crippen LogP contribution in [0.25, 0.3) is 11.3 Å². The van der Waals surface area contributed by atoms with E-state index in [-0.39, 0.29) is 23.8 Å². The van der Waals surface area contributed by atoms with Crippen LogP contribution in [-0.4, -0.2) is 39.5 Å². The quantitative estimate of drug-likeness (QED) is 0.847. The summed E-state index contributed by atoms with van der Waals surface area (Å²) < 4.78 is 0. The molecule has 0 radical (unpaired) electrons. The molecule has 1 aliphatic rings. The van der Waals surface area contributed by atoms with Gasteiger partial charge >= 0.3 is 0 Å². The molecule has 2 aromatic rings. The summed E-state index contributed by atoms with van der Waals surface area (Å²) >= 11 is 0. The number of hydrogen-bond donors (Lipinski definition) is 2. The fourth-order valence-electron chi connectivity index (χ4n) is 3.28. The summed E-state index contributed by atoms with van der Waals surface area (Å²) in [7, 11) is 0. The highest BCUT2D eigenvalue weighted by Crippen LogP contribution is 2.20. The number of carbonyl (C=O) groups is 2. The van der Waals surface area contributed by atoms with Crippen LogP contribution in [-0.2, 0) is 16.1 Å². The molecular formula is C19H24N4O2. The van der Waals surface area contributed by atoms with E-state index in [4.69, 9.17) is 0 Å². The lowest BCUT2D eigenvalue weighted by Crippen LogP contribution is -2.50. The second-order valence-corrected chi connectivity index (χ2v) is 6.76. The maximum absolute atomic E-state index is 12.6. The van der Waals surface area contributed by atoms with Crippen LogP contribution >= 0.6 is 0 Å². The van der Waals surface area contributed by atoms with E-state index in [2.05, 4.69) is 15.5 Å². The number of nitrogens with zero attached hydrogens (tertiary/aromatic N) is 2. The van der Waals surface area contributed by atoms with Gasteiger partial charge in [-0.15, -0.1) is 0 Å². The number of hydrogen-bond acceptors (Lipinski definition) is 3. The van der Waals surface area contributed by atoms with Crippen LogP contribution in [0.15, 0.2) is 36.5 Å². The van der Waals surface area contributed by atoms with Crippen LogP contribution in [0.3, 0.4) is 0 Å². The topological polar surface area (TPSA) is 78.1 Å². The number of nitrogens with one attached hydrogen (secondary N) is 2. The first-order chi connectivity index (χ1) is 12.1. The molecule has 6 nitrogen and oxygen atoms in total. The zero-order valence-electron chi connectivity index (χ0n) is 14.7. The Bertz CT molecular complexity index is 722. The number of H-pyrrole nitrogens is 1. The molecule has 0 aliphatic carbocycles. The average Bonchev–Trinajstić information content (AvgIpc) is 3.26. The van der Waals surface area contributed by atoms with Gasteiger partial charge in [0.2, 0.25) is 11.8 Å². The van der Waals surface area contributed by atoms with Crippen molar-refractivity contribution in [1.29, 1.82) is 0 Å². The molecule has 0 bridgehead atoms. The van der Waals surface area contributed by atoms with E-state index in [0.717, 1.165) is 23.2 Å². The van der Waals surface area contributed by atoms with E-state index < -0.39 is 0 Å². The standard InChI is InChI=1S/C19H24N4O2/c1-13(2)18(23-11-3-4-17(23)24)19(25)20-12-14-5-7-15(8-6-14)16-9-10-21-22-16/h5-10,13,18H,3-4,11-12H2,1-2H3,(H,20,25)(H,21,22). The highest BCUT2D eigenvalue weighted by molar-refractivity contribution is 5.88. The van der Waals surface area contributed by atoms with Gasteiger partial charge in [-0.2, -0.15) is 5.10 Å². The van der Waals surface area contributed by atoms with Gasteiger partial charge in [-0.05, 0) is 29.5 Å². The third kappa shape index (κ3) is 3.90. The molecule has 3 rings (SSSR count). The first-order valence-electron chi connectivity index (χ1n) is 8.72. The first-order valence-corrected chi connectivity index (χ1v) is 8.72. The van der Waals surface area contributed by atoms with Gasteiger partial charge < -0.3 is 10.2 Å². The molecule has 0 spiro atoms. The highest BCUT2D eigenvalue weighted by atomic mass is 16.2. The zero-order valence-corrected chi connectivity index (χ0v) is 14.7.